The Balaban J connectivity index is 1.54. The molecule has 4 rings (SSSR count). The molecule has 1 N–H and O–H groups in total. The molecule has 1 aromatic heterocycles. The molecule has 2 heterocycles. The van der Waals surface area contributed by atoms with E-state index < -0.39 is 6.04 Å². The number of aromatic nitrogens is 1. The van der Waals surface area contributed by atoms with Crippen LogP contribution in [0.25, 0.3) is 10.9 Å². The lowest BCUT2D eigenvalue weighted by atomic mass is 10.1. The standard InChI is InChI=1S/C22H21N3O3/c1-15(26)24(12-11-16-14-23-19-10-6-5-9-18(16)19)20-13-21(27)25(22(20)28)17-7-3-2-4-8-17/h2-10,14,20,23H,11-13H2,1H3. The fourth-order valence-electron chi connectivity index (χ4n) is 3.82. The van der Waals surface area contributed by atoms with Crippen LogP contribution in [0.2, 0.25) is 0 Å². The highest BCUT2D eigenvalue weighted by molar-refractivity contribution is 6.22. The zero-order valence-corrected chi connectivity index (χ0v) is 15.6. The number of aromatic amines is 1. The summed E-state index contributed by atoms with van der Waals surface area (Å²) < 4.78 is 0. The van der Waals surface area contributed by atoms with Crippen LogP contribution in [-0.4, -0.2) is 40.2 Å². The van der Waals surface area contributed by atoms with Crippen molar-refractivity contribution in [2.24, 2.45) is 0 Å². The smallest absolute Gasteiger partial charge is 0.257 e. The number of fused-ring (bicyclic) bond motifs is 1. The molecule has 0 bridgehead atoms. The van der Waals surface area contributed by atoms with Crippen molar-refractivity contribution in [3.63, 3.8) is 0 Å². The largest absolute Gasteiger partial charge is 0.361 e. The van der Waals surface area contributed by atoms with E-state index in [4.69, 9.17) is 0 Å². The second-order valence-corrected chi connectivity index (χ2v) is 6.94. The van der Waals surface area contributed by atoms with Gasteiger partial charge in [0.15, 0.2) is 0 Å². The molecule has 1 unspecified atom stereocenters. The summed E-state index contributed by atoms with van der Waals surface area (Å²) in [5, 5.41) is 1.10. The minimum atomic E-state index is -0.754. The molecule has 1 aliphatic rings. The SMILES string of the molecule is CC(=O)N(CCc1c[nH]c2ccccc12)C1CC(=O)N(c2ccccc2)C1=O. The number of nitrogens with one attached hydrogen (secondary N) is 1. The van der Waals surface area contributed by atoms with E-state index in [-0.39, 0.29) is 24.1 Å². The zero-order valence-electron chi connectivity index (χ0n) is 15.6. The van der Waals surface area contributed by atoms with Crippen LogP contribution in [-0.2, 0) is 20.8 Å². The van der Waals surface area contributed by atoms with Gasteiger partial charge >= 0.3 is 0 Å². The summed E-state index contributed by atoms with van der Waals surface area (Å²) in [5.74, 6) is -0.828. The molecule has 142 valence electrons. The molecule has 28 heavy (non-hydrogen) atoms. The van der Waals surface area contributed by atoms with Crippen molar-refractivity contribution in [3.05, 3.63) is 66.4 Å². The van der Waals surface area contributed by atoms with Crippen LogP contribution in [0.5, 0.6) is 0 Å². The molecule has 1 fully saturated rings. The van der Waals surface area contributed by atoms with Crippen LogP contribution in [0.4, 0.5) is 5.69 Å². The lowest BCUT2D eigenvalue weighted by Crippen LogP contribution is -2.45. The summed E-state index contributed by atoms with van der Waals surface area (Å²) in [6.45, 7) is 1.82. The van der Waals surface area contributed by atoms with Gasteiger partial charge in [-0.3, -0.25) is 14.4 Å². The van der Waals surface area contributed by atoms with Crippen molar-refractivity contribution in [2.75, 3.05) is 11.4 Å². The van der Waals surface area contributed by atoms with Gasteiger partial charge in [0.05, 0.1) is 12.1 Å². The van der Waals surface area contributed by atoms with Gasteiger partial charge in [-0.15, -0.1) is 0 Å². The molecule has 0 saturated carbocycles. The van der Waals surface area contributed by atoms with Gasteiger partial charge in [0.25, 0.3) is 5.91 Å². The number of rotatable bonds is 5. The Morgan fingerprint density at radius 3 is 2.57 bits per heavy atom. The lowest BCUT2D eigenvalue weighted by molar-refractivity contribution is -0.136. The number of carbonyl (C=O) groups excluding carboxylic acids is 3. The lowest BCUT2D eigenvalue weighted by Gasteiger charge is -2.26. The molecule has 3 amide bonds. The summed E-state index contributed by atoms with van der Waals surface area (Å²) in [7, 11) is 0. The van der Waals surface area contributed by atoms with Crippen molar-refractivity contribution in [3.8, 4) is 0 Å². The van der Waals surface area contributed by atoms with Crippen LogP contribution in [0.15, 0.2) is 60.8 Å². The van der Waals surface area contributed by atoms with Crippen molar-refractivity contribution in [1.29, 1.82) is 0 Å². The molecule has 1 saturated heterocycles. The molecule has 0 spiro atoms. The van der Waals surface area contributed by atoms with Gasteiger partial charge in [0, 0.05) is 30.6 Å². The van der Waals surface area contributed by atoms with Crippen molar-refractivity contribution in [2.45, 2.75) is 25.8 Å². The van der Waals surface area contributed by atoms with Gasteiger partial charge in [0.1, 0.15) is 6.04 Å². The van der Waals surface area contributed by atoms with Crippen molar-refractivity contribution in [1.82, 2.24) is 9.88 Å². The Morgan fingerprint density at radius 2 is 1.82 bits per heavy atom. The quantitative estimate of drug-likeness (QED) is 0.697. The number of para-hydroxylation sites is 2. The summed E-state index contributed by atoms with van der Waals surface area (Å²) in [5.41, 5.74) is 2.66. The molecule has 3 aromatic rings. The molecule has 6 heteroatoms. The van der Waals surface area contributed by atoms with Crippen LogP contribution < -0.4 is 4.90 Å². The fraction of sp³-hybridized carbons (Fsp3) is 0.227. The number of carbonyl (C=O) groups is 3. The minimum Gasteiger partial charge on any atom is -0.361 e. The number of hydrogen-bond acceptors (Lipinski definition) is 3. The second-order valence-electron chi connectivity index (χ2n) is 6.94. The highest BCUT2D eigenvalue weighted by Gasteiger charge is 2.43. The fourth-order valence-corrected chi connectivity index (χ4v) is 3.82. The van der Waals surface area contributed by atoms with E-state index in [9.17, 15) is 14.4 Å². The van der Waals surface area contributed by atoms with Crippen molar-refractivity contribution >= 4 is 34.3 Å². The predicted molar refractivity (Wildman–Crippen MR) is 107 cm³/mol. The third kappa shape index (κ3) is 3.17. The van der Waals surface area contributed by atoms with Crippen LogP contribution in [0.1, 0.15) is 18.9 Å². The highest BCUT2D eigenvalue weighted by atomic mass is 16.2. The number of benzene rings is 2. The molecule has 0 aliphatic carbocycles. The summed E-state index contributed by atoms with van der Waals surface area (Å²) in [6.07, 6.45) is 2.55. The van der Waals surface area contributed by atoms with Crippen LogP contribution in [0.3, 0.4) is 0 Å². The highest BCUT2D eigenvalue weighted by Crippen LogP contribution is 2.26. The zero-order chi connectivity index (χ0) is 19.7. The van der Waals surface area contributed by atoms with Gasteiger partial charge < -0.3 is 9.88 Å². The Labute approximate surface area is 162 Å². The summed E-state index contributed by atoms with van der Waals surface area (Å²) in [6, 6.07) is 16.0. The van der Waals surface area contributed by atoms with E-state index in [2.05, 4.69) is 4.98 Å². The second kappa shape index (κ2) is 7.31. The number of anilines is 1. The molecule has 0 radical (unpaired) electrons. The molecular formula is C22H21N3O3. The molecule has 2 aromatic carbocycles. The minimum absolute atomic E-state index is 0.0151. The predicted octanol–water partition coefficient (Wildman–Crippen LogP) is 2.89. The summed E-state index contributed by atoms with van der Waals surface area (Å²) in [4.78, 5) is 43.6. The maximum atomic E-state index is 12.9. The topological polar surface area (TPSA) is 73.5 Å². The van der Waals surface area contributed by atoms with Crippen molar-refractivity contribution < 1.29 is 14.4 Å². The number of nitrogens with zero attached hydrogens (tertiary/aromatic N) is 2. The van der Waals surface area contributed by atoms with E-state index in [0.717, 1.165) is 16.5 Å². The average molecular weight is 375 g/mol. The van der Waals surface area contributed by atoms with Gasteiger partial charge in [-0.05, 0) is 30.2 Å². The molecular weight excluding hydrogens is 354 g/mol. The maximum absolute atomic E-state index is 12.9. The number of imide groups is 1. The average Bonchev–Trinajstić information content (AvgIpc) is 3.23. The van der Waals surface area contributed by atoms with E-state index in [1.807, 2.05) is 36.5 Å². The first-order chi connectivity index (χ1) is 13.6. The first kappa shape index (κ1) is 18.0. The van der Waals surface area contributed by atoms with Crippen LogP contribution in [0, 0.1) is 0 Å². The molecule has 6 nitrogen and oxygen atoms in total. The van der Waals surface area contributed by atoms with Gasteiger partial charge in [-0.2, -0.15) is 0 Å². The van der Waals surface area contributed by atoms with Gasteiger partial charge in [-0.25, -0.2) is 4.90 Å². The first-order valence-electron chi connectivity index (χ1n) is 9.30. The molecule has 1 aliphatic heterocycles. The van der Waals surface area contributed by atoms with E-state index >= 15 is 0 Å². The van der Waals surface area contributed by atoms with E-state index in [1.54, 1.807) is 24.3 Å². The number of H-pyrrole nitrogens is 1. The van der Waals surface area contributed by atoms with E-state index in [0.29, 0.717) is 18.7 Å². The normalized spacial score (nSPS) is 16.8. The molecule has 1 atom stereocenters. The van der Waals surface area contributed by atoms with Crippen LogP contribution >= 0.6 is 0 Å². The monoisotopic (exact) mass is 375 g/mol. The number of amides is 3. The third-order valence-corrected chi connectivity index (χ3v) is 5.21. The Kier molecular flexibility index (Phi) is 4.69. The Hall–Kier alpha value is -3.41. The van der Waals surface area contributed by atoms with E-state index in [1.165, 1.54) is 16.7 Å². The number of hydrogen-bond donors (Lipinski definition) is 1. The first-order valence-corrected chi connectivity index (χ1v) is 9.30. The summed E-state index contributed by atoms with van der Waals surface area (Å²) >= 11 is 0. The maximum Gasteiger partial charge on any atom is 0.257 e. The Bertz CT molecular complexity index is 1040. The third-order valence-electron chi connectivity index (χ3n) is 5.21. The van der Waals surface area contributed by atoms with Gasteiger partial charge in [0.2, 0.25) is 11.8 Å². The Morgan fingerprint density at radius 1 is 1.11 bits per heavy atom. The van der Waals surface area contributed by atoms with Gasteiger partial charge in [-0.1, -0.05) is 36.4 Å².